The first-order chi connectivity index (χ1) is 10.1. The summed E-state index contributed by atoms with van der Waals surface area (Å²) in [6.45, 7) is 2.90. The Kier molecular flexibility index (Phi) is 4.10. The summed E-state index contributed by atoms with van der Waals surface area (Å²) >= 11 is 5.53. The van der Waals surface area contributed by atoms with E-state index in [2.05, 4.69) is 9.89 Å². The normalized spacial score (nSPS) is 28.8. The largest absolute Gasteiger partial charge is 0.301 e. The Morgan fingerprint density at radius 2 is 2.00 bits per heavy atom. The molecule has 1 aromatic rings. The summed E-state index contributed by atoms with van der Waals surface area (Å²) in [5, 5.41) is 8.95. The number of amidine groups is 1. The van der Waals surface area contributed by atoms with Crippen LogP contribution in [-0.4, -0.2) is 41.6 Å². The quantitative estimate of drug-likeness (QED) is 0.381. The number of hydrogen-bond donors (Lipinski definition) is 2. The van der Waals surface area contributed by atoms with Crippen LogP contribution in [0.3, 0.4) is 0 Å². The first-order valence-corrected chi connectivity index (χ1v) is 7.31. The van der Waals surface area contributed by atoms with Gasteiger partial charge < -0.3 is 4.90 Å². The van der Waals surface area contributed by atoms with Gasteiger partial charge in [-0.2, -0.15) is 0 Å². The molecule has 21 heavy (non-hydrogen) atoms. The highest BCUT2D eigenvalue weighted by Gasteiger charge is 2.34. The minimum absolute atomic E-state index is 0.0136. The summed E-state index contributed by atoms with van der Waals surface area (Å²) in [7, 11) is 0. The molecule has 0 radical (unpaired) electrons. The number of hydrogen-bond acceptors (Lipinski definition) is 3. The van der Waals surface area contributed by atoms with Crippen molar-refractivity contribution in [2.45, 2.75) is 18.9 Å². The molecule has 3 aliphatic heterocycles. The van der Waals surface area contributed by atoms with Crippen LogP contribution in [0.4, 0.5) is 8.78 Å². The Morgan fingerprint density at radius 1 is 1.29 bits per heavy atom. The summed E-state index contributed by atoms with van der Waals surface area (Å²) in [6.07, 6.45) is 2.09. The SMILES string of the molecule is ONC(=N[C@@H]1CN2CCC1CC2)c1cc(F)c(Cl)cc1F. The molecule has 3 fully saturated rings. The van der Waals surface area contributed by atoms with E-state index in [-0.39, 0.29) is 22.5 Å². The molecule has 0 spiro atoms. The highest BCUT2D eigenvalue weighted by molar-refractivity contribution is 6.30. The fourth-order valence-electron chi connectivity index (χ4n) is 3.11. The van der Waals surface area contributed by atoms with Crippen molar-refractivity contribution in [3.8, 4) is 0 Å². The molecule has 3 saturated heterocycles. The van der Waals surface area contributed by atoms with Gasteiger partial charge in [0.05, 0.1) is 16.6 Å². The molecular formula is C14H16ClF2N3O. The molecule has 0 unspecified atom stereocenters. The number of rotatable bonds is 2. The van der Waals surface area contributed by atoms with E-state index in [1.165, 1.54) is 0 Å². The Balaban J connectivity index is 1.91. The zero-order chi connectivity index (χ0) is 15.0. The number of nitrogens with one attached hydrogen (secondary N) is 1. The maximum Gasteiger partial charge on any atom is 0.155 e. The number of piperidine rings is 3. The van der Waals surface area contributed by atoms with E-state index in [0.29, 0.717) is 5.92 Å². The molecule has 4 nitrogen and oxygen atoms in total. The lowest BCUT2D eigenvalue weighted by atomic mass is 9.84. The van der Waals surface area contributed by atoms with Gasteiger partial charge in [-0.05, 0) is 44.0 Å². The predicted molar refractivity (Wildman–Crippen MR) is 75.8 cm³/mol. The lowest BCUT2D eigenvalue weighted by Gasteiger charge is -2.43. The maximum absolute atomic E-state index is 13.9. The van der Waals surface area contributed by atoms with E-state index >= 15 is 0 Å². The summed E-state index contributed by atoms with van der Waals surface area (Å²) in [5.41, 5.74) is 1.78. The Bertz CT molecular complexity index is 574. The monoisotopic (exact) mass is 315 g/mol. The van der Waals surface area contributed by atoms with Crippen LogP contribution < -0.4 is 5.48 Å². The Morgan fingerprint density at radius 3 is 2.57 bits per heavy atom. The topological polar surface area (TPSA) is 47.9 Å². The first-order valence-electron chi connectivity index (χ1n) is 6.93. The first kappa shape index (κ1) is 14.7. The van der Waals surface area contributed by atoms with Gasteiger partial charge in [-0.25, -0.2) is 8.78 Å². The molecule has 2 N–H and O–H groups in total. The van der Waals surface area contributed by atoms with Gasteiger partial charge in [0.2, 0.25) is 0 Å². The van der Waals surface area contributed by atoms with E-state index in [4.69, 9.17) is 11.6 Å². The van der Waals surface area contributed by atoms with Crippen molar-refractivity contribution in [2.24, 2.45) is 10.9 Å². The molecule has 2 bridgehead atoms. The molecule has 0 aliphatic carbocycles. The highest BCUT2D eigenvalue weighted by atomic mass is 35.5. The zero-order valence-corrected chi connectivity index (χ0v) is 12.1. The Hall–Kier alpha value is -1.24. The number of hydroxylamine groups is 1. The number of benzene rings is 1. The molecular weight excluding hydrogens is 300 g/mol. The lowest BCUT2D eigenvalue weighted by molar-refractivity contribution is 0.0898. The number of nitrogens with zero attached hydrogens (tertiary/aromatic N) is 2. The van der Waals surface area contributed by atoms with Crippen molar-refractivity contribution in [3.05, 3.63) is 34.4 Å². The third-order valence-corrected chi connectivity index (χ3v) is 4.58. The van der Waals surface area contributed by atoms with Gasteiger partial charge in [-0.1, -0.05) is 11.6 Å². The second-order valence-corrected chi connectivity index (χ2v) is 5.95. The van der Waals surface area contributed by atoms with E-state index < -0.39 is 11.6 Å². The van der Waals surface area contributed by atoms with Gasteiger partial charge in [0.15, 0.2) is 5.84 Å². The van der Waals surface area contributed by atoms with Gasteiger partial charge in [-0.15, -0.1) is 0 Å². The van der Waals surface area contributed by atoms with Crippen LogP contribution >= 0.6 is 11.6 Å². The summed E-state index contributed by atoms with van der Waals surface area (Å²) in [5.74, 6) is -1.09. The van der Waals surface area contributed by atoms with Crippen LogP contribution in [0.15, 0.2) is 17.1 Å². The molecule has 7 heteroatoms. The molecule has 1 atom stereocenters. The van der Waals surface area contributed by atoms with Crippen LogP contribution in [-0.2, 0) is 0 Å². The number of aliphatic imine (C=N–C) groups is 1. The van der Waals surface area contributed by atoms with Crippen molar-refractivity contribution >= 4 is 17.4 Å². The summed E-state index contributed by atoms with van der Waals surface area (Å²) in [6, 6.07) is 1.82. The second kappa shape index (κ2) is 5.87. The Labute approximate surface area is 126 Å². The van der Waals surface area contributed by atoms with Crippen LogP contribution in [0.2, 0.25) is 5.02 Å². The third kappa shape index (κ3) is 2.88. The summed E-state index contributed by atoms with van der Waals surface area (Å²) in [4.78, 5) is 6.70. The zero-order valence-electron chi connectivity index (χ0n) is 11.3. The van der Waals surface area contributed by atoms with Crippen molar-refractivity contribution < 1.29 is 14.0 Å². The average molecular weight is 316 g/mol. The summed E-state index contributed by atoms with van der Waals surface area (Å²) < 4.78 is 27.4. The average Bonchev–Trinajstić information content (AvgIpc) is 2.50. The standard InChI is InChI=1S/C14H16ClF2N3O/c15-10-6-11(16)9(5-12(10)17)14(19-21)18-13-7-20-3-1-8(13)2-4-20/h5-6,8,13,21H,1-4,7H2,(H,18,19)/t13-/m1/s1. The van der Waals surface area contributed by atoms with Gasteiger partial charge in [0.1, 0.15) is 11.6 Å². The van der Waals surface area contributed by atoms with E-state index in [0.717, 1.165) is 44.6 Å². The minimum Gasteiger partial charge on any atom is -0.301 e. The minimum atomic E-state index is -0.745. The van der Waals surface area contributed by atoms with Crippen LogP contribution in [0, 0.1) is 17.6 Å². The van der Waals surface area contributed by atoms with Crippen LogP contribution in [0.25, 0.3) is 0 Å². The van der Waals surface area contributed by atoms with E-state index in [1.807, 2.05) is 5.48 Å². The van der Waals surface area contributed by atoms with Gasteiger partial charge >= 0.3 is 0 Å². The van der Waals surface area contributed by atoms with Crippen molar-refractivity contribution in [1.82, 2.24) is 10.4 Å². The number of fused-ring (bicyclic) bond motifs is 3. The third-order valence-electron chi connectivity index (χ3n) is 4.29. The van der Waals surface area contributed by atoms with E-state index in [1.54, 1.807) is 0 Å². The molecule has 0 amide bonds. The molecule has 0 saturated carbocycles. The van der Waals surface area contributed by atoms with E-state index in [9.17, 15) is 14.0 Å². The molecule has 114 valence electrons. The number of halogens is 3. The molecule has 0 aromatic heterocycles. The second-order valence-electron chi connectivity index (χ2n) is 5.54. The molecule has 3 heterocycles. The van der Waals surface area contributed by atoms with Crippen molar-refractivity contribution in [1.29, 1.82) is 0 Å². The van der Waals surface area contributed by atoms with Gasteiger partial charge in [-0.3, -0.25) is 15.7 Å². The fraction of sp³-hybridized carbons (Fsp3) is 0.500. The molecule has 4 rings (SSSR count). The molecule has 1 aromatic carbocycles. The lowest BCUT2D eigenvalue weighted by Crippen LogP contribution is -2.50. The highest BCUT2D eigenvalue weighted by Crippen LogP contribution is 2.30. The van der Waals surface area contributed by atoms with Crippen molar-refractivity contribution in [3.63, 3.8) is 0 Å². The van der Waals surface area contributed by atoms with Crippen LogP contribution in [0.1, 0.15) is 18.4 Å². The fourth-order valence-corrected chi connectivity index (χ4v) is 3.26. The van der Waals surface area contributed by atoms with Crippen molar-refractivity contribution in [2.75, 3.05) is 19.6 Å². The van der Waals surface area contributed by atoms with Crippen LogP contribution in [0.5, 0.6) is 0 Å². The van der Waals surface area contributed by atoms with Gasteiger partial charge in [0.25, 0.3) is 0 Å². The van der Waals surface area contributed by atoms with Gasteiger partial charge in [0, 0.05) is 6.54 Å². The maximum atomic E-state index is 13.9. The molecule has 3 aliphatic rings. The predicted octanol–water partition coefficient (Wildman–Crippen LogP) is 2.44. The smallest absolute Gasteiger partial charge is 0.155 e.